The summed E-state index contributed by atoms with van der Waals surface area (Å²) in [6.45, 7) is 0. The third-order valence-electron chi connectivity index (χ3n) is 3.82. The number of ether oxygens (including phenoxy) is 1. The van der Waals surface area contributed by atoms with E-state index in [1.807, 2.05) is 0 Å². The molecular weight excluding hydrogens is 496 g/mol. The highest BCUT2D eigenvalue weighted by molar-refractivity contribution is 9.10. The molecule has 0 aliphatic heterocycles. The van der Waals surface area contributed by atoms with Crippen molar-refractivity contribution in [3.63, 3.8) is 0 Å². The smallest absolute Gasteiger partial charge is 0.263 e. The van der Waals surface area contributed by atoms with Gasteiger partial charge in [0.1, 0.15) is 16.4 Å². The maximum atomic E-state index is 12.8. The molecule has 0 spiro atoms. The molecule has 0 aliphatic rings. The van der Waals surface area contributed by atoms with Crippen LogP contribution >= 0.6 is 27.5 Å². The van der Waals surface area contributed by atoms with Crippen LogP contribution in [-0.2, 0) is 14.8 Å². The molecule has 0 unspecified atom stereocenters. The predicted molar refractivity (Wildman–Crippen MR) is 119 cm³/mol. The molecule has 0 atom stereocenters. The molecule has 0 bridgehead atoms. The molecule has 10 heteroatoms. The van der Waals surface area contributed by atoms with Crippen LogP contribution in [-0.4, -0.2) is 21.4 Å². The Morgan fingerprint density at radius 1 is 1.10 bits per heavy atom. The van der Waals surface area contributed by atoms with Crippen LogP contribution in [0.1, 0.15) is 5.76 Å². The lowest BCUT2D eigenvalue weighted by atomic mass is 10.3. The highest BCUT2D eigenvalue weighted by Gasteiger charge is 2.19. The van der Waals surface area contributed by atoms with Crippen molar-refractivity contribution in [1.82, 2.24) is 0 Å². The van der Waals surface area contributed by atoms with E-state index in [0.29, 0.717) is 21.9 Å². The van der Waals surface area contributed by atoms with E-state index in [1.165, 1.54) is 37.5 Å². The summed E-state index contributed by atoms with van der Waals surface area (Å²) >= 11 is 9.27. The molecule has 1 heterocycles. The Morgan fingerprint density at radius 3 is 2.43 bits per heavy atom. The average molecular weight is 512 g/mol. The normalized spacial score (nSPS) is 11.4. The number of carbonyl (C=O) groups is 1. The number of amides is 1. The van der Waals surface area contributed by atoms with Gasteiger partial charge in [0.15, 0.2) is 4.67 Å². The zero-order valence-corrected chi connectivity index (χ0v) is 18.7. The van der Waals surface area contributed by atoms with E-state index in [1.54, 1.807) is 36.4 Å². The van der Waals surface area contributed by atoms with E-state index in [2.05, 4.69) is 26.0 Å². The van der Waals surface area contributed by atoms with Gasteiger partial charge in [-0.2, -0.15) is 0 Å². The lowest BCUT2D eigenvalue weighted by molar-refractivity contribution is -0.111. The molecule has 0 saturated carbocycles. The maximum absolute atomic E-state index is 12.8. The number of hydrogen-bond acceptors (Lipinski definition) is 5. The summed E-state index contributed by atoms with van der Waals surface area (Å²) in [7, 11) is -2.47. The Bertz CT molecular complexity index is 1190. The van der Waals surface area contributed by atoms with Crippen LogP contribution in [0.2, 0.25) is 5.02 Å². The zero-order chi connectivity index (χ0) is 21.7. The molecular formula is C20H16BrClN2O5S. The highest BCUT2D eigenvalue weighted by atomic mass is 79.9. The molecule has 3 aromatic rings. The van der Waals surface area contributed by atoms with Gasteiger partial charge in [0, 0.05) is 17.5 Å². The van der Waals surface area contributed by atoms with E-state index >= 15 is 0 Å². The first kappa shape index (κ1) is 21.9. The molecule has 3 rings (SSSR count). The number of anilines is 2. The van der Waals surface area contributed by atoms with E-state index in [9.17, 15) is 13.2 Å². The summed E-state index contributed by atoms with van der Waals surface area (Å²) in [5.74, 6) is 0.618. The summed E-state index contributed by atoms with van der Waals surface area (Å²) in [5.41, 5.74) is 0.610. The molecule has 0 radical (unpaired) electrons. The number of furan rings is 1. The fraction of sp³-hybridized carbons (Fsp3) is 0.0500. The maximum Gasteiger partial charge on any atom is 0.263 e. The minimum atomic E-state index is -3.99. The lowest BCUT2D eigenvalue weighted by Crippen LogP contribution is -2.14. The Kier molecular flexibility index (Phi) is 6.86. The van der Waals surface area contributed by atoms with Crippen molar-refractivity contribution in [3.8, 4) is 5.75 Å². The van der Waals surface area contributed by atoms with Gasteiger partial charge >= 0.3 is 0 Å². The number of hydrogen-bond donors (Lipinski definition) is 2. The number of halogens is 2. The Labute approximate surface area is 186 Å². The van der Waals surface area contributed by atoms with Gasteiger partial charge in [0.05, 0.1) is 12.1 Å². The topological polar surface area (TPSA) is 97.6 Å². The molecule has 1 aromatic heterocycles. The number of methoxy groups -OCH3 is 1. The molecule has 0 fully saturated rings. The van der Waals surface area contributed by atoms with Crippen LogP contribution in [0.25, 0.3) is 6.08 Å². The zero-order valence-electron chi connectivity index (χ0n) is 15.6. The molecule has 7 nitrogen and oxygen atoms in total. The second kappa shape index (κ2) is 9.38. The third-order valence-corrected chi connectivity index (χ3v) is 6.11. The largest absolute Gasteiger partial charge is 0.497 e. The molecule has 1 amide bonds. The second-order valence-electron chi connectivity index (χ2n) is 5.94. The van der Waals surface area contributed by atoms with Crippen molar-refractivity contribution in [2.24, 2.45) is 0 Å². The fourth-order valence-corrected chi connectivity index (χ4v) is 4.32. The molecule has 2 N–H and O–H groups in total. The lowest BCUT2D eigenvalue weighted by Gasteiger charge is -2.12. The quantitative estimate of drug-likeness (QED) is 0.427. The van der Waals surface area contributed by atoms with Crippen molar-refractivity contribution in [2.75, 3.05) is 17.1 Å². The second-order valence-corrected chi connectivity index (χ2v) is 8.78. The summed E-state index contributed by atoms with van der Waals surface area (Å²) in [6, 6.07) is 13.9. The Balaban J connectivity index is 1.76. The van der Waals surface area contributed by atoms with Gasteiger partial charge in [0.2, 0.25) is 5.91 Å². The number of nitrogens with one attached hydrogen (secondary N) is 2. The van der Waals surface area contributed by atoms with Crippen molar-refractivity contribution in [1.29, 1.82) is 0 Å². The van der Waals surface area contributed by atoms with E-state index in [0.717, 1.165) is 0 Å². The van der Waals surface area contributed by atoms with Crippen LogP contribution in [0.3, 0.4) is 0 Å². The van der Waals surface area contributed by atoms with Crippen LogP contribution < -0.4 is 14.8 Å². The van der Waals surface area contributed by atoms with Crippen molar-refractivity contribution >= 4 is 60.9 Å². The minimum absolute atomic E-state index is 0.0185. The molecule has 156 valence electrons. The van der Waals surface area contributed by atoms with Gasteiger partial charge in [-0.3, -0.25) is 9.52 Å². The number of sulfonamides is 1. The molecule has 2 aromatic carbocycles. The molecule has 30 heavy (non-hydrogen) atoms. The van der Waals surface area contributed by atoms with Crippen molar-refractivity contribution in [3.05, 3.63) is 76.1 Å². The average Bonchev–Trinajstić information content (AvgIpc) is 3.13. The summed E-state index contributed by atoms with van der Waals surface area (Å²) in [6.07, 6.45) is 2.75. The van der Waals surface area contributed by atoms with Gasteiger partial charge in [-0.1, -0.05) is 11.6 Å². The van der Waals surface area contributed by atoms with Crippen LogP contribution in [0, 0.1) is 0 Å². The first-order valence-electron chi connectivity index (χ1n) is 8.48. The van der Waals surface area contributed by atoms with Crippen LogP contribution in [0.15, 0.2) is 74.7 Å². The Morgan fingerprint density at radius 2 is 1.80 bits per heavy atom. The molecule has 0 aliphatic carbocycles. The SMILES string of the molecule is COc1ccc(NS(=O)(=O)c2cc(NC(=O)C=Cc3ccc(Br)o3)ccc2Cl)cc1. The summed E-state index contributed by atoms with van der Waals surface area (Å²) < 4.78 is 38.8. The first-order valence-corrected chi connectivity index (χ1v) is 11.1. The summed E-state index contributed by atoms with van der Waals surface area (Å²) in [4.78, 5) is 12.0. The van der Waals surface area contributed by atoms with Gasteiger partial charge in [-0.15, -0.1) is 0 Å². The van der Waals surface area contributed by atoms with Crippen molar-refractivity contribution < 1.29 is 22.4 Å². The van der Waals surface area contributed by atoms with Crippen molar-refractivity contribution in [2.45, 2.75) is 4.90 Å². The van der Waals surface area contributed by atoms with Crippen LogP contribution in [0.4, 0.5) is 11.4 Å². The van der Waals surface area contributed by atoms with E-state index in [-0.39, 0.29) is 15.6 Å². The van der Waals surface area contributed by atoms with Gasteiger partial charge in [-0.05, 0) is 76.6 Å². The minimum Gasteiger partial charge on any atom is -0.497 e. The number of rotatable bonds is 7. The van der Waals surface area contributed by atoms with Gasteiger partial charge < -0.3 is 14.5 Å². The first-order chi connectivity index (χ1) is 14.3. The van der Waals surface area contributed by atoms with E-state index < -0.39 is 15.9 Å². The fourth-order valence-electron chi connectivity index (χ4n) is 2.42. The van der Waals surface area contributed by atoms with Crippen LogP contribution in [0.5, 0.6) is 5.75 Å². The standard InChI is InChI=1S/C20H16BrClN2O5S/c1-28-15-5-2-13(3-6-15)24-30(26,27)18-12-14(4-9-17(18)22)23-20(25)11-8-16-7-10-19(21)29-16/h2-12,24H,1H3,(H,23,25). The third kappa shape index (κ3) is 5.65. The highest BCUT2D eigenvalue weighted by Crippen LogP contribution is 2.27. The predicted octanol–water partition coefficient (Wildman–Crippen LogP) is 5.16. The Hall–Kier alpha value is -2.75. The van der Waals surface area contributed by atoms with Gasteiger partial charge in [0.25, 0.3) is 10.0 Å². The number of benzene rings is 2. The molecule has 0 saturated heterocycles. The summed E-state index contributed by atoms with van der Waals surface area (Å²) in [5, 5.41) is 2.61. The number of carbonyl (C=O) groups excluding carboxylic acids is 1. The van der Waals surface area contributed by atoms with Gasteiger partial charge in [-0.25, -0.2) is 8.42 Å². The van der Waals surface area contributed by atoms with E-state index in [4.69, 9.17) is 20.8 Å². The monoisotopic (exact) mass is 510 g/mol.